The molecule has 4 N–H and O–H groups in total. The van der Waals surface area contributed by atoms with Gasteiger partial charge in [0.15, 0.2) is 29.6 Å². The van der Waals surface area contributed by atoms with E-state index in [2.05, 4.69) is 17.6 Å². The Hall–Kier alpha value is -4.65. The van der Waals surface area contributed by atoms with E-state index < -0.39 is 18.7 Å². The van der Waals surface area contributed by atoms with Gasteiger partial charge in [-0.25, -0.2) is 0 Å². The fourth-order valence-corrected chi connectivity index (χ4v) is 5.89. The Balaban J connectivity index is 1.39. The first-order chi connectivity index (χ1) is 23.9. The van der Waals surface area contributed by atoms with E-state index in [0.29, 0.717) is 61.7 Å². The van der Waals surface area contributed by atoms with Crippen molar-refractivity contribution in [3.05, 3.63) is 71.8 Å². The number of hydrogen-bond acceptors (Lipinski definition) is 8. The molecule has 50 heavy (non-hydrogen) atoms. The number of carbonyl (C=O) groups is 2. The van der Waals surface area contributed by atoms with E-state index in [4.69, 9.17) is 24.7 Å². The molecule has 2 unspecified atom stereocenters. The van der Waals surface area contributed by atoms with Crippen LogP contribution in [0.3, 0.4) is 0 Å². The fourth-order valence-electron chi connectivity index (χ4n) is 5.89. The first-order valence-electron chi connectivity index (χ1n) is 16.9. The predicted molar refractivity (Wildman–Crippen MR) is 187 cm³/mol. The zero-order chi connectivity index (χ0) is 36.3. The average molecular weight is 701 g/mol. The van der Waals surface area contributed by atoms with Crippen molar-refractivity contribution in [3.63, 3.8) is 0 Å². The van der Waals surface area contributed by atoms with Crippen LogP contribution in [0.2, 0.25) is 0 Å². The lowest BCUT2D eigenvalue weighted by atomic mass is 10.0. The topological polar surface area (TPSA) is 124 Å². The van der Waals surface area contributed by atoms with Gasteiger partial charge in [-0.2, -0.15) is 13.2 Å². The molecule has 2 amide bonds. The molecule has 13 heteroatoms. The number of fused-ring (bicyclic) bond motifs is 1. The van der Waals surface area contributed by atoms with Gasteiger partial charge in [0.1, 0.15) is 13.2 Å². The summed E-state index contributed by atoms with van der Waals surface area (Å²) < 4.78 is 60.4. The predicted octanol–water partition coefficient (Wildman–Crippen LogP) is 6.51. The highest BCUT2D eigenvalue weighted by Crippen LogP contribution is 2.40. The summed E-state index contributed by atoms with van der Waals surface area (Å²) in [5, 5.41) is 6.70. The van der Waals surface area contributed by atoms with Crippen molar-refractivity contribution in [2.75, 3.05) is 43.1 Å². The zero-order valence-electron chi connectivity index (χ0n) is 29.0. The zero-order valence-corrected chi connectivity index (χ0v) is 29.0. The van der Waals surface area contributed by atoms with Crippen LogP contribution in [0.4, 0.5) is 24.5 Å². The molecule has 0 saturated heterocycles. The quantitative estimate of drug-likeness (QED) is 0.121. The van der Waals surface area contributed by atoms with Crippen molar-refractivity contribution >= 4 is 23.2 Å². The maximum Gasteiger partial charge on any atom is 0.422 e. The number of primary amides is 1. The number of hydrogen-bond donors (Lipinski definition) is 3. The summed E-state index contributed by atoms with van der Waals surface area (Å²) >= 11 is 0. The summed E-state index contributed by atoms with van der Waals surface area (Å²) in [6.45, 7) is 7.84. The Morgan fingerprint density at radius 1 is 0.920 bits per heavy atom. The number of nitrogens with one attached hydrogen (secondary N) is 2. The molecule has 0 spiro atoms. The Morgan fingerprint density at radius 2 is 1.52 bits per heavy atom. The number of amides is 2. The summed E-state index contributed by atoms with van der Waals surface area (Å²) in [5.74, 6) is 0.800. The molecule has 3 aromatic carbocycles. The van der Waals surface area contributed by atoms with Crippen molar-refractivity contribution in [3.8, 4) is 23.0 Å². The average Bonchev–Trinajstić information content (AvgIpc) is 3.41. The monoisotopic (exact) mass is 700 g/mol. The summed E-state index contributed by atoms with van der Waals surface area (Å²) in [4.78, 5) is 27.9. The maximum atomic E-state index is 13.5. The minimum Gasteiger partial charge on any atom is -0.488 e. The first kappa shape index (κ1) is 38.2. The Kier molecular flexibility index (Phi) is 13.6. The Labute approximate surface area is 291 Å². The van der Waals surface area contributed by atoms with Gasteiger partial charge in [-0.15, -0.1) is 0 Å². The number of rotatable bonds is 19. The first-order valence-corrected chi connectivity index (χ1v) is 16.9. The molecule has 0 fully saturated rings. The molecular formula is C37H47F3N4O6. The molecule has 0 aromatic heterocycles. The van der Waals surface area contributed by atoms with E-state index >= 15 is 0 Å². The Morgan fingerprint density at radius 3 is 2.12 bits per heavy atom. The van der Waals surface area contributed by atoms with E-state index in [1.807, 2.05) is 51.1 Å². The van der Waals surface area contributed by atoms with Crippen LogP contribution in [0.25, 0.3) is 0 Å². The van der Waals surface area contributed by atoms with Crippen LogP contribution < -0.4 is 40.2 Å². The van der Waals surface area contributed by atoms with Crippen molar-refractivity contribution in [2.45, 2.75) is 77.7 Å². The van der Waals surface area contributed by atoms with Crippen LogP contribution in [0, 0.1) is 0 Å². The molecule has 272 valence electrons. The standard InChI is InChI=1S/C37H47F3N4O6/c1-5-10-34(45)44-28(19-25(4)42-15-17-48-32-13-8-9-14-33(32)50-24(2)3)21-26-20-27(22-29(35(26)44)36(41)46)43-16-18-47-30-11-6-7-12-31(30)49-23-37(38,39)40/h6-9,11-14,20,22,24-25,28,42-43H,5,10,15-19,21,23H2,1-4H3,(H2,41,46). The van der Waals surface area contributed by atoms with E-state index in [9.17, 15) is 22.8 Å². The SMILES string of the molecule is CCCC(=O)N1c2c(cc(NCCOc3ccccc3OCC(F)(F)F)cc2C(N)=O)CC1CC(C)NCCOc1ccccc1OC(C)C. The lowest BCUT2D eigenvalue weighted by molar-refractivity contribution is -0.153. The largest absolute Gasteiger partial charge is 0.488 e. The minimum atomic E-state index is -4.48. The smallest absolute Gasteiger partial charge is 0.422 e. The summed E-state index contributed by atoms with van der Waals surface area (Å²) in [5.41, 5.74) is 8.06. The van der Waals surface area contributed by atoms with Gasteiger partial charge in [0.25, 0.3) is 5.91 Å². The van der Waals surface area contributed by atoms with E-state index in [-0.39, 0.29) is 54.3 Å². The molecule has 1 aliphatic rings. The molecular weight excluding hydrogens is 653 g/mol. The van der Waals surface area contributed by atoms with Gasteiger partial charge in [-0.05, 0) is 82.0 Å². The van der Waals surface area contributed by atoms with E-state index in [0.717, 1.165) is 5.56 Å². The molecule has 0 aliphatic carbocycles. The third kappa shape index (κ3) is 10.9. The number of halogens is 3. The number of benzene rings is 3. The molecule has 4 rings (SSSR count). The maximum absolute atomic E-state index is 13.5. The highest BCUT2D eigenvalue weighted by atomic mass is 19.4. The number of carbonyl (C=O) groups excluding carboxylic acids is 2. The number of para-hydroxylation sites is 4. The summed E-state index contributed by atoms with van der Waals surface area (Å²) in [7, 11) is 0. The van der Waals surface area contributed by atoms with Gasteiger partial charge >= 0.3 is 6.18 Å². The number of ether oxygens (including phenoxy) is 4. The van der Waals surface area contributed by atoms with Crippen LogP contribution in [0.5, 0.6) is 23.0 Å². The number of nitrogens with two attached hydrogens (primary N) is 1. The number of anilines is 2. The van der Waals surface area contributed by atoms with Gasteiger partial charge in [0.05, 0.1) is 17.4 Å². The normalized spacial score (nSPS) is 14.6. The van der Waals surface area contributed by atoms with Crippen LogP contribution >= 0.6 is 0 Å². The second kappa shape index (κ2) is 17.8. The van der Waals surface area contributed by atoms with E-state index in [1.165, 1.54) is 12.1 Å². The van der Waals surface area contributed by atoms with Crippen molar-refractivity contribution in [2.24, 2.45) is 5.73 Å². The second-order valence-electron chi connectivity index (χ2n) is 12.4. The highest BCUT2D eigenvalue weighted by molar-refractivity contribution is 6.07. The molecule has 3 aromatic rings. The van der Waals surface area contributed by atoms with Gasteiger partial charge in [-0.3, -0.25) is 9.59 Å². The van der Waals surface area contributed by atoms with Gasteiger partial charge in [0.2, 0.25) is 5.91 Å². The molecule has 0 saturated carbocycles. The van der Waals surface area contributed by atoms with E-state index in [1.54, 1.807) is 23.1 Å². The summed E-state index contributed by atoms with van der Waals surface area (Å²) in [6.07, 6.45) is -2.32. The lowest BCUT2D eigenvalue weighted by Crippen LogP contribution is -2.43. The molecule has 1 aliphatic heterocycles. The third-order valence-electron chi connectivity index (χ3n) is 7.87. The fraction of sp³-hybridized carbons (Fsp3) is 0.459. The van der Waals surface area contributed by atoms with Crippen molar-refractivity contribution in [1.29, 1.82) is 0 Å². The number of nitrogens with zero attached hydrogens (tertiary/aromatic N) is 1. The minimum absolute atomic E-state index is 0.0148. The van der Waals surface area contributed by atoms with Crippen LogP contribution in [-0.2, 0) is 11.2 Å². The van der Waals surface area contributed by atoms with Crippen LogP contribution in [-0.4, -0.2) is 69.1 Å². The summed E-state index contributed by atoms with van der Waals surface area (Å²) in [6, 6.07) is 17.0. The van der Waals surface area contributed by atoms with Crippen LogP contribution in [0.1, 0.15) is 62.9 Å². The Bertz CT molecular complexity index is 1590. The molecule has 1 heterocycles. The lowest BCUT2D eigenvalue weighted by Gasteiger charge is -2.29. The molecule has 0 radical (unpaired) electrons. The van der Waals surface area contributed by atoms with Gasteiger partial charge in [0, 0.05) is 37.3 Å². The molecule has 0 bridgehead atoms. The van der Waals surface area contributed by atoms with Gasteiger partial charge in [-0.1, -0.05) is 31.2 Å². The second-order valence-corrected chi connectivity index (χ2v) is 12.4. The van der Waals surface area contributed by atoms with Crippen molar-refractivity contribution in [1.82, 2.24) is 5.32 Å². The van der Waals surface area contributed by atoms with Crippen LogP contribution in [0.15, 0.2) is 60.7 Å². The third-order valence-corrected chi connectivity index (χ3v) is 7.87. The number of alkyl halides is 3. The molecule has 10 nitrogen and oxygen atoms in total. The molecule has 2 atom stereocenters. The van der Waals surface area contributed by atoms with Crippen molar-refractivity contribution < 1.29 is 41.7 Å². The van der Waals surface area contributed by atoms with Gasteiger partial charge < -0.3 is 40.2 Å². The highest BCUT2D eigenvalue weighted by Gasteiger charge is 2.37.